The number of nitro benzene ring substituents is 1. The maximum absolute atomic E-state index is 10.5. The summed E-state index contributed by atoms with van der Waals surface area (Å²) in [6.07, 6.45) is 2.89. The zero-order valence-electron chi connectivity index (χ0n) is 11.0. The second-order valence-corrected chi connectivity index (χ2v) is 4.49. The molecule has 2 unspecified atom stereocenters. The number of β-amino-alcohol motifs (C(OH)–C–C–N with tert-alkyl or cyclic N) is 1. The fourth-order valence-corrected chi connectivity index (χ4v) is 1.82. The van der Waals surface area contributed by atoms with E-state index >= 15 is 0 Å². The normalized spacial score (nSPS) is 18.7. The second-order valence-electron chi connectivity index (χ2n) is 4.49. The summed E-state index contributed by atoms with van der Waals surface area (Å²) in [6.45, 7) is 2.48. The van der Waals surface area contributed by atoms with Crippen molar-refractivity contribution in [2.24, 2.45) is 4.99 Å². The Morgan fingerprint density at radius 2 is 2.20 bits per heavy atom. The van der Waals surface area contributed by atoms with Gasteiger partial charge in [-0.25, -0.2) is 9.57 Å². The zero-order chi connectivity index (χ0) is 14.5. The van der Waals surface area contributed by atoms with Gasteiger partial charge in [0.2, 0.25) is 6.17 Å². The summed E-state index contributed by atoms with van der Waals surface area (Å²) in [4.78, 5) is 14.2. The minimum absolute atomic E-state index is 0.00976. The molecule has 0 spiro atoms. The molecule has 20 heavy (non-hydrogen) atoms. The Labute approximate surface area is 116 Å². The Bertz CT molecular complexity index is 539. The number of benzene rings is 1. The van der Waals surface area contributed by atoms with E-state index in [4.69, 9.17) is 4.74 Å². The van der Waals surface area contributed by atoms with Crippen LogP contribution in [0.3, 0.4) is 0 Å². The van der Waals surface area contributed by atoms with Crippen LogP contribution < -0.4 is 4.74 Å². The lowest BCUT2D eigenvalue weighted by Crippen LogP contribution is -2.32. The van der Waals surface area contributed by atoms with Gasteiger partial charge in [-0.3, -0.25) is 10.1 Å². The van der Waals surface area contributed by atoms with Crippen molar-refractivity contribution in [1.82, 2.24) is 0 Å². The summed E-state index contributed by atoms with van der Waals surface area (Å²) >= 11 is 0. The molecule has 0 bridgehead atoms. The molecule has 1 N–H and O–H groups in total. The SMILES string of the molecule is CC1N=CC=[N+]1CC(O)COc1ccc([N+](=O)[O-])cc1. The summed E-state index contributed by atoms with van der Waals surface area (Å²) in [5.74, 6) is 0.490. The highest BCUT2D eigenvalue weighted by molar-refractivity contribution is 6.14. The summed E-state index contributed by atoms with van der Waals surface area (Å²) < 4.78 is 7.30. The topological polar surface area (TPSA) is 88.0 Å². The Morgan fingerprint density at radius 3 is 2.75 bits per heavy atom. The predicted octanol–water partition coefficient (Wildman–Crippen LogP) is 0.848. The van der Waals surface area contributed by atoms with Crippen molar-refractivity contribution in [3.8, 4) is 5.75 Å². The monoisotopic (exact) mass is 278 g/mol. The number of aliphatic imine (C=N–C) groups is 1. The number of rotatable bonds is 6. The standard InChI is InChI=1S/C13H16N3O4/c1-10-14-6-7-15(10)8-12(17)9-20-13-4-2-11(3-5-13)16(18)19/h2-7,10,12,17H,8-9H2,1H3/q+1. The summed E-state index contributed by atoms with van der Waals surface area (Å²) in [5.41, 5.74) is 0.00976. The lowest BCUT2D eigenvalue weighted by molar-refractivity contribution is -0.559. The average Bonchev–Trinajstić information content (AvgIpc) is 2.82. The first-order chi connectivity index (χ1) is 9.56. The van der Waals surface area contributed by atoms with Crippen molar-refractivity contribution >= 4 is 18.1 Å². The smallest absolute Gasteiger partial charge is 0.269 e. The van der Waals surface area contributed by atoms with Crippen LogP contribution in [0.25, 0.3) is 0 Å². The molecular weight excluding hydrogens is 262 g/mol. The van der Waals surface area contributed by atoms with Gasteiger partial charge in [0.25, 0.3) is 5.69 Å². The average molecular weight is 278 g/mol. The van der Waals surface area contributed by atoms with E-state index in [1.165, 1.54) is 24.3 Å². The molecule has 0 saturated carbocycles. The number of aliphatic hydroxyl groups excluding tert-OH is 1. The summed E-state index contributed by atoms with van der Waals surface area (Å²) in [5, 5.41) is 20.4. The zero-order valence-corrected chi connectivity index (χ0v) is 11.0. The molecule has 1 aromatic rings. The van der Waals surface area contributed by atoms with Crippen molar-refractivity contribution < 1.29 is 19.3 Å². The number of hydrogen-bond acceptors (Lipinski definition) is 5. The summed E-state index contributed by atoms with van der Waals surface area (Å²) in [7, 11) is 0. The minimum Gasteiger partial charge on any atom is -0.491 e. The van der Waals surface area contributed by atoms with Crippen LogP contribution in [-0.2, 0) is 0 Å². The predicted molar refractivity (Wildman–Crippen MR) is 73.7 cm³/mol. The van der Waals surface area contributed by atoms with E-state index in [1.807, 2.05) is 17.7 Å². The molecule has 1 aromatic carbocycles. The first-order valence-corrected chi connectivity index (χ1v) is 6.24. The first-order valence-electron chi connectivity index (χ1n) is 6.24. The highest BCUT2D eigenvalue weighted by atomic mass is 16.6. The van der Waals surface area contributed by atoms with Crippen molar-refractivity contribution in [2.75, 3.05) is 13.2 Å². The molecule has 0 fully saturated rings. The molecule has 0 aromatic heterocycles. The maximum Gasteiger partial charge on any atom is 0.269 e. The molecule has 0 saturated heterocycles. The van der Waals surface area contributed by atoms with Crippen molar-refractivity contribution in [3.05, 3.63) is 34.4 Å². The molecule has 1 aliphatic heterocycles. The fourth-order valence-electron chi connectivity index (χ4n) is 1.82. The quantitative estimate of drug-likeness (QED) is 0.474. The lowest BCUT2D eigenvalue weighted by atomic mass is 10.3. The van der Waals surface area contributed by atoms with E-state index in [1.54, 1.807) is 6.21 Å². The number of non-ortho nitro benzene ring substituents is 1. The van der Waals surface area contributed by atoms with Crippen LogP contribution in [0.5, 0.6) is 5.75 Å². The molecule has 2 rings (SSSR count). The van der Waals surface area contributed by atoms with Crippen LogP contribution in [0.4, 0.5) is 5.69 Å². The molecule has 2 atom stereocenters. The third kappa shape index (κ3) is 3.61. The van der Waals surface area contributed by atoms with Gasteiger partial charge in [0, 0.05) is 19.1 Å². The van der Waals surface area contributed by atoms with Gasteiger partial charge in [-0.1, -0.05) is 0 Å². The third-order valence-corrected chi connectivity index (χ3v) is 2.95. The van der Waals surface area contributed by atoms with Gasteiger partial charge in [-0.15, -0.1) is 0 Å². The maximum atomic E-state index is 10.5. The van der Waals surface area contributed by atoms with Crippen LogP contribution >= 0.6 is 0 Å². The van der Waals surface area contributed by atoms with Crippen LogP contribution in [0.15, 0.2) is 29.3 Å². The van der Waals surface area contributed by atoms with Gasteiger partial charge in [0.15, 0.2) is 12.8 Å². The van der Waals surface area contributed by atoms with Crippen LogP contribution in [0.2, 0.25) is 0 Å². The van der Waals surface area contributed by atoms with E-state index in [0.29, 0.717) is 12.3 Å². The highest BCUT2D eigenvalue weighted by Gasteiger charge is 2.21. The lowest BCUT2D eigenvalue weighted by Gasteiger charge is -2.11. The van der Waals surface area contributed by atoms with Gasteiger partial charge in [-0.2, -0.15) is 0 Å². The number of nitro groups is 1. The van der Waals surface area contributed by atoms with Gasteiger partial charge >= 0.3 is 0 Å². The largest absolute Gasteiger partial charge is 0.491 e. The Balaban J connectivity index is 1.81. The molecular formula is C13H16N3O4+. The fraction of sp³-hybridized carbons (Fsp3) is 0.385. The molecule has 1 aliphatic rings. The molecule has 7 heteroatoms. The number of nitrogens with zero attached hydrogens (tertiary/aromatic N) is 3. The number of hydrogen-bond donors (Lipinski definition) is 1. The minimum atomic E-state index is -0.661. The van der Waals surface area contributed by atoms with Crippen molar-refractivity contribution in [3.63, 3.8) is 0 Å². The molecule has 106 valence electrons. The van der Waals surface area contributed by atoms with Gasteiger partial charge in [-0.05, 0) is 12.1 Å². The van der Waals surface area contributed by atoms with Crippen molar-refractivity contribution in [2.45, 2.75) is 19.2 Å². The van der Waals surface area contributed by atoms with Crippen LogP contribution in [0.1, 0.15) is 6.92 Å². The first kappa shape index (κ1) is 14.1. The molecule has 7 nitrogen and oxygen atoms in total. The van der Waals surface area contributed by atoms with E-state index < -0.39 is 11.0 Å². The van der Waals surface area contributed by atoms with E-state index in [2.05, 4.69) is 4.99 Å². The second kappa shape index (κ2) is 6.25. The number of aliphatic hydroxyl groups is 1. The van der Waals surface area contributed by atoms with Crippen LogP contribution in [-0.4, -0.2) is 52.5 Å². The Kier molecular flexibility index (Phi) is 4.41. The Hall–Kier alpha value is -2.28. The van der Waals surface area contributed by atoms with Gasteiger partial charge in [0.1, 0.15) is 18.5 Å². The molecule has 0 radical (unpaired) electrons. The van der Waals surface area contributed by atoms with Crippen LogP contribution in [0, 0.1) is 10.1 Å². The van der Waals surface area contributed by atoms with E-state index in [0.717, 1.165) is 0 Å². The van der Waals surface area contributed by atoms with E-state index in [-0.39, 0.29) is 18.5 Å². The molecule has 0 amide bonds. The molecule has 0 aliphatic carbocycles. The summed E-state index contributed by atoms with van der Waals surface area (Å²) in [6, 6.07) is 5.76. The van der Waals surface area contributed by atoms with Gasteiger partial charge in [0.05, 0.1) is 11.1 Å². The van der Waals surface area contributed by atoms with Crippen molar-refractivity contribution in [1.29, 1.82) is 0 Å². The van der Waals surface area contributed by atoms with E-state index in [9.17, 15) is 15.2 Å². The molecule has 1 heterocycles. The third-order valence-electron chi connectivity index (χ3n) is 2.95. The van der Waals surface area contributed by atoms with Gasteiger partial charge < -0.3 is 9.84 Å². The highest BCUT2D eigenvalue weighted by Crippen LogP contribution is 2.17. The Morgan fingerprint density at radius 1 is 1.50 bits per heavy atom. The number of ether oxygens (including phenoxy) is 1.